The molecule has 0 atom stereocenters. The highest BCUT2D eigenvalue weighted by molar-refractivity contribution is 7.07. The molecule has 19 heavy (non-hydrogen) atoms. The molecule has 2 aromatic rings. The molecule has 0 bridgehead atoms. The van der Waals surface area contributed by atoms with Crippen molar-refractivity contribution in [2.24, 2.45) is 0 Å². The number of benzene rings is 1. The first-order valence-corrected chi connectivity index (χ1v) is 7.02. The molecule has 3 rings (SSSR count). The number of carbonyl (C=O) groups is 1. The van der Waals surface area contributed by atoms with E-state index < -0.39 is 0 Å². The molecule has 1 saturated heterocycles. The van der Waals surface area contributed by atoms with E-state index in [1.165, 1.54) is 11.3 Å². The molecule has 1 aliphatic heterocycles. The van der Waals surface area contributed by atoms with Gasteiger partial charge in [0.15, 0.2) is 5.51 Å². The van der Waals surface area contributed by atoms with Crippen LogP contribution in [0, 0.1) is 5.51 Å². The minimum absolute atomic E-state index is 0.0481. The average molecular weight is 273 g/mol. The van der Waals surface area contributed by atoms with Crippen LogP contribution in [0.3, 0.4) is 0 Å². The van der Waals surface area contributed by atoms with Gasteiger partial charge in [0.05, 0.1) is 18.9 Å². The number of ether oxygens (including phenoxy) is 1. The number of amides is 1. The molecular weight excluding hydrogens is 260 g/mol. The fourth-order valence-corrected chi connectivity index (χ4v) is 2.63. The Kier molecular flexibility index (Phi) is 3.57. The van der Waals surface area contributed by atoms with Crippen LogP contribution in [0.4, 0.5) is 0 Å². The third-order valence-electron chi connectivity index (χ3n) is 3.12. The normalized spacial score (nSPS) is 15.5. The van der Waals surface area contributed by atoms with E-state index in [0.29, 0.717) is 31.9 Å². The Bertz CT molecular complexity index is 563. The highest BCUT2D eigenvalue weighted by Crippen LogP contribution is 2.24. The lowest BCUT2D eigenvalue weighted by molar-refractivity contribution is 0.0303. The summed E-state index contributed by atoms with van der Waals surface area (Å²) < 4.78 is 5.28. The molecule has 2 heterocycles. The zero-order valence-electron chi connectivity index (χ0n) is 10.3. The van der Waals surface area contributed by atoms with E-state index >= 15 is 0 Å². The van der Waals surface area contributed by atoms with Crippen molar-refractivity contribution >= 4 is 17.2 Å². The van der Waals surface area contributed by atoms with E-state index in [9.17, 15) is 4.79 Å². The zero-order valence-corrected chi connectivity index (χ0v) is 11.2. The third-order valence-corrected chi connectivity index (χ3v) is 3.66. The number of thiazole rings is 1. The van der Waals surface area contributed by atoms with Crippen LogP contribution < -0.4 is 0 Å². The molecule has 0 aliphatic carbocycles. The number of morpholine rings is 1. The number of carbonyl (C=O) groups excluding carboxylic acids is 1. The van der Waals surface area contributed by atoms with Crippen LogP contribution in [0.1, 0.15) is 10.4 Å². The van der Waals surface area contributed by atoms with Crippen molar-refractivity contribution in [1.82, 2.24) is 9.88 Å². The predicted octanol–water partition coefficient (Wildman–Crippen LogP) is 2.08. The van der Waals surface area contributed by atoms with Crippen LogP contribution in [0.15, 0.2) is 29.6 Å². The van der Waals surface area contributed by atoms with Crippen molar-refractivity contribution < 1.29 is 9.53 Å². The second-order valence-electron chi connectivity index (χ2n) is 4.27. The van der Waals surface area contributed by atoms with Crippen LogP contribution in [0.25, 0.3) is 11.3 Å². The number of hydrogen-bond donors (Lipinski definition) is 0. The average Bonchev–Trinajstić information content (AvgIpc) is 3.01. The molecule has 5 heteroatoms. The van der Waals surface area contributed by atoms with E-state index in [-0.39, 0.29) is 5.91 Å². The lowest BCUT2D eigenvalue weighted by atomic mass is 10.0. The van der Waals surface area contributed by atoms with E-state index in [4.69, 9.17) is 4.74 Å². The lowest BCUT2D eigenvalue weighted by Gasteiger charge is -2.27. The minimum atomic E-state index is 0.0481. The number of rotatable bonds is 2. The first kappa shape index (κ1) is 12.3. The van der Waals surface area contributed by atoms with Gasteiger partial charge in [-0.05, 0) is 6.07 Å². The Morgan fingerprint density at radius 2 is 2.11 bits per heavy atom. The number of aromatic nitrogens is 1. The smallest absolute Gasteiger partial charge is 0.254 e. The van der Waals surface area contributed by atoms with Gasteiger partial charge in [0.1, 0.15) is 0 Å². The SMILES string of the molecule is O=C(c1ccccc1-c1cs[c]n1)N1CCOCC1. The Hall–Kier alpha value is -1.72. The van der Waals surface area contributed by atoms with E-state index in [2.05, 4.69) is 10.5 Å². The predicted molar refractivity (Wildman–Crippen MR) is 73.1 cm³/mol. The van der Waals surface area contributed by atoms with Gasteiger partial charge in [-0.3, -0.25) is 4.79 Å². The van der Waals surface area contributed by atoms with Crippen molar-refractivity contribution in [3.05, 3.63) is 40.7 Å². The Morgan fingerprint density at radius 3 is 2.84 bits per heavy atom. The van der Waals surface area contributed by atoms with Gasteiger partial charge >= 0.3 is 0 Å². The zero-order chi connectivity index (χ0) is 13.1. The summed E-state index contributed by atoms with van der Waals surface area (Å²) in [7, 11) is 0. The molecule has 4 nitrogen and oxygen atoms in total. The molecule has 0 saturated carbocycles. The van der Waals surface area contributed by atoms with Gasteiger partial charge < -0.3 is 9.64 Å². The highest BCUT2D eigenvalue weighted by atomic mass is 32.1. The first-order chi connectivity index (χ1) is 9.36. The number of nitrogens with zero attached hydrogens (tertiary/aromatic N) is 2. The van der Waals surface area contributed by atoms with Crippen LogP contribution in [0.2, 0.25) is 0 Å². The summed E-state index contributed by atoms with van der Waals surface area (Å²) in [6, 6.07) is 7.58. The molecule has 1 aliphatic rings. The fourth-order valence-electron chi connectivity index (χ4n) is 2.14. The van der Waals surface area contributed by atoms with Gasteiger partial charge in [-0.15, -0.1) is 11.3 Å². The highest BCUT2D eigenvalue weighted by Gasteiger charge is 2.21. The van der Waals surface area contributed by atoms with Gasteiger partial charge in [0.25, 0.3) is 5.91 Å². The van der Waals surface area contributed by atoms with Gasteiger partial charge in [-0.1, -0.05) is 18.2 Å². The quantitative estimate of drug-likeness (QED) is 0.841. The standard InChI is InChI=1S/C14H13N2O2S/c17-14(16-5-7-18-8-6-16)12-4-2-1-3-11(12)13-9-19-10-15-13/h1-4,9H,5-8H2. The van der Waals surface area contributed by atoms with Crippen LogP contribution in [-0.2, 0) is 4.74 Å². The molecule has 0 unspecified atom stereocenters. The first-order valence-electron chi connectivity index (χ1n) is 6.14. The molecule has 1 amide bonds. The van der Waals surface area contributed by atoms with Gasteiger partial charge in [-0.2, -0.15) is 0 Å². The minimum Gasteiger partial charge on any atom is -0.378 e. The summed E-state index contributed by atoms with van der Waals surface area (Å²) >= 11 is 1.41. The molecular formula is C14H13N2O2S. The molecule has 0 N–H and O–H groups in total. The maximum Gasteiger partial charge on any atom is 0.254 e. The molecule has 1 aromatic heterocycles. The Morgan fingerprint density at radius 1 is 1.32 bits per heavy atom. The summed E-state index contributed by atoms with van der Waals surface area (Å²) in [5.41, 5.74) is 5.20. The second-order valence-corrected chi connectivity index (χ2v) is 4.93. The summed E-state index contributed by atoms with van der Waals surface area (Å²) in [5, 5.41) is 1.91. The van der Waals surface area contributed by atoms with Gasteiger partial charge in [-0.25, -0.2) is 4.98 Å². The number of hydrogen-bond acceptors (Lipinski definition) is 4. The molecule has 97 valence electrons. The summed E-state index contributed by atoms with van der Waals surface area (Å²) in [6.45, 7) is 2.52. The van der Waals surface area contributed by atoms with Crippen molar-refractivity contribution in [2.75, 3.05) is 26.3 Å². The van der Waals surface area contributed by atoms with Crippen molar-refractivity contribution in [3.63, 3.8) is 0 Å². The van der Waals surface area contributed by atoms with E-state index in [1.807, 2.05) is 34.5 Å². The molecule has 1 fully saturated rings. The maximum absolute atomic E-state index is 12.6. The largest absolute Gasteiger partial charge is 0.378 e. The van der Waals surface area contributed by atoms with Crippen molar-refractivity contribution in [1.29, 1.82) is 0 Å². The molecule has 0 spiro atoms. The van der Waals surface area contributed by atoms with Crippen molar-refractivity contribution in [3.8, 4) is 11.3 Å². The molecule has 1 aromatic carbocycles. The van der Waals surface area contributed by atoms with Crippen molar-refractivity contribution in [2.45, 2.75) is 0 Å². The van der Waals surface area contributed by atoms with Crippen LogP contribution >= 0.6 is 11.3 Å². The molecule has 1 radical (unpaired) electrons. The summed E-state index contributed by atoms with van der Waals surface area (Å²) in [4.78, 5) is 18.6. The van der Waals surface area contributed by atoms with Crippen LogP contribution in [0.5, 0.6) is 0 Å². The topological polar surface area (TPSA) is 42.4 Å². The monoisotopic (exact) mass is 273 g/mol. The lowest BCUT2D eigenvalue weighted by Crippen LogP contribution is -2.40. The van der Waals surface area contributed by atoms with E-state index in [1.54, 1.807) is 0 Å². The summed E-state index contributed by atoms with van der Waals surface area (Å²) in [5.74, 6) is 0.0481. The van der Waals surface area contributed by atoms with E-state index in [0.717, 1.165) is 11.3 Å². The van der Waals surface area contributed by atoms with Gasteiger partial charge in [0.2, 0.25) is 0 Å². The Balaban J connectivity index is 1.94. The fraction of sp³-hybridized carbons (Fsp3) is 0.286. The second kappa shape index (κ2) is 5.50. The summed E-state index contributed by atoms with van der Waals surface area (Å²) in [6.07, 6.45) is 0. The maximum atomic E-state index is 12.6. The Labute approximate surface area is 115 Å². The van der Waals surface area contributed by atoms with Crippen LogP contribution in [-0.4, -0.2) is 42.1 Å². The third kappa shape index (κ3) is 2.52. The van der Waals surface area contributed by atoms with Gasteiger partial charge in [0, 0.05) is 29.6 Å².